The number of amides is 1. The minimum atomic E-state index is -3.47. The van der Waals surface area contributed by atoms with Crippen molar-refractivity contribution in [1.82, 2.24) is 14.2 Å². The van der Waals surface area contributed by atoms with Crippen LogP contribution in [0, 0.1) is 5.82 Å². The van der Waals surface area contributed by atoms with Gasteiger partial charge in [-0.1, -0.05) is 18.6 Å². The molecule has 1 saturated heterocycles. The molecule has 0 saturated carbocycles. The van der Waals surface area contributed by atoms with E-state index < -0.39 is 10.0 Å². The summed E-state index contributed by atoms with van der Waals surface area (Å²) in [6.45, 7) is 1.99. The van der Waals surface area contributed by atoms with Gasteiger partial charge in [0, 0.05) is 49.7 Å². The van der Waals surface area contributed by atoms with E-state index in [1.165, 1.54) is 12.1 Å². The monoisotopic (exact) mass is 443 g/mol. The van der Waals surface area contributed by atoms with E-state index in [2.05, 4.69) is 5.32 Å². The standard InChI is InChI=1S/C23H26FN3O3S/c24-20-6-4-18(5-7-20)17-25-23(28)11-15-26-14-10-19-16-21(8-9-22(19)26)31(29,30)27-12-2-1-3-13-27/h4-10,14,16H,1-3,11-13,15,17H2,(H,25,28). The van der Waals surface area contributed by atoms with E-state index in [4.69, 9.17) is 0 Å². The van der Waals surface area contributed by atoms with Gasteiger partial charge in [-0.2, -0.15) is 4.31 Å². The number of nitrogens with zero attached hydrogens (tertiary/aromatic N) is 2. The molecule has 1 aromatic heterocycles. The fraction of sp³-hybridized carbons (Fsp3) is 0.348. The van der Waals surface area contributed by atoms with Crippen LogP contribution >= 0.6 is 0 Å². The van der Waals surface area contributed by atoms with E-state index in [0.29, 0.717) is 37.5 Å². The molecule has 1 aliphatic heterocycles. The van der Waals surface area contributed by atoms with Crippen molar-refractivity contribution >= 4 is 26.8 Å². The van der Waals surface area contributed by atoms with Gasteiger partial charge in [-0.25, -0.2) is 12.8 Å². The van der Waals surface area contributed by atoms with Crippen LogP contribution < -0.4 is 5.32 Å². The molecule has 31 heavy (non-hydrogen) atoms. The number of hydrogen-bond donors (Lipinski definition) is 1. The zero-order chi connectivity index (χ0) is 21.8. The zero-order valence-electron chi connectivity index (χ0n) is 17.3. The van der Waals surface area contributed by atoms with Gasteiger partial charge in [-0.05, 0) is 54.8 Å². The van der Waals surface area contributed by atoms with Crippen molar-refractivity contribution in [3.8, 4) is 0 Å². The van der Waals surface area contributed by atoms with Gasteiger partial charge in [-0.3, -0.25) is 4.79 Å². The van der Waals surface area contributed by atoms with Crippen molar-refractivity contribution in [3.05, 3.63) is 66.1 Å². The number of carbonyl (C=O) groups excluding carboxylic acids is 1. The number of sulfonamides is 1. The predicted octanol–water partition coefficient (Wildman–Crippen LogP) is 3.66. The number of benzene rings is 2. The lowest BCUT2D eigenvalue weighted by atomic mass is 10.2. The molecule has 1 amide bonds. The fourth-order valence-corrected chi connectivity index (χ4v) is 5.45. The third-order valence-electron chi connectivity index (χ3n) is 5.68. The van der Waals surface area contributed by atoms with Crippen LogP contribution in [-0.4, -0.2) is 36.3 Å². The average molecular weight is 444 g/mol. The number of fused-ring (bicyclic) bond motifs is 1. The molecule has 0 bridgehead atoms. The maximum atomic E-state index is 13.0. The van der Waals surface area contributed by atoms with Gasteiger partial charge < -0.3 is 9.88 Å². The van der Waals surface area contributed by atoms with E-state index in [0.717, 1.165) is 35.7 Å². The molecule has 164 valence electrons. The minimum Gasteiger partial charge on any atom is -0.352 e. The lowest BCUT2D eigenvalue weighted by molar-refractivity contribution is -0.121. The highest BCUT2D eigenvalue weighted by molar-refractivity contribution is 7.89. The first kappa shape index (κ1) is 21.5. The molecule has 0 unspecified atom stereocenters. The van der Waals surface area contributed by atoms with Gasteiger partial charge in [0.15, 0.2) is 0 Å². The smallest absolute Gasteiger partial charge is 0.243 e. The van der Waals surface area contributed by atoms with Gasteiger partial charge in [0.2, 0.25) is 15.9 Å². The number of halogens is 1. The summed E-state index contributed by atoms with van der Waals surface area (Å²) < 4.78 is 42.3. The first-order chi connectivity index (χ1) is 14.9. The number of carbonyl (C=O) groups is 1. The number of rotatable bonds is 7. The van der Waals surface area contributed by atoms with Crippen LogP contribution in [0.1, 0.15) is 31.2 Å². The minimum absolute atomic E-state index is 0.101. The summed E-state index contributed by atoms with van der Waals surface area (Å²) in [6.07, 6.45) is 5.04. The maximum absolute atomic E-state index is 13.0. The van der Waals surface area contributed by atoms with Crippen LogP contribution in [-0.2, 0) is 27.9 Å². The molecule has 1 aliphatic rings. The Kier molecular flexibility index (Phi) is 6.38. The largest absolute Gasteiger partial charge is 0.352 e. The Morgan fingerprint density at radius 3 is 2.48 bits per heavy atom. The average Bonchev–Trinajstić information content (AvgIpc) is 3.20. The molecule has 2 heterocycles. The highest BCUT2D eigenvalue weighted by atomic mass is 32.2. The molecule has 3 aromatic rings. The maximum Gasteiger partial charge on any atom is 0.243 e. The second-order valence-corrected chi connectivity index (χ2v) is 9.79. The summed E-state index contributed by atoms with van der Waals surface area (Å²) in [6, 6.07) is 13.1. The third kappa shape index (κ3) is 4.97. The summed E-state index contributed by atoms with van der Waals surface area (Å²) in [5.41, 5.74) is 1.73. The first-order valence-electron chi connectivity index (χ1n) is 10.5. The van der Waals surface area contributed by atoms with Crippen molar-refractivity contribution < 1.29 is 17.6 Å². The molecule has 4 rings (SSSR count). The van der Waals surface area contributed by atoms with E-state index in [1.807, 2.05) is 22.9 Å². The molecule has 1 N–H and O–H groups in total. The van der Waals surface area contributed by atoms with Gasteiger partial charge in [0.05, 0.1) is 4.90 Å². The SMILES string of the molecule is O=C(CCn1ccc2cc(S(=O)(=O)N3CCCCC3)ccc21)NCc1ccc(F)cc1. The van der Waals surface area contributed by atoms with E-state index in [9.17, 15) is 17.6 Å². The predicted molar refractivity (Wildman–Crippen MR) is 117 cm³/mol. The molecule has 1 fully saturated rings. The molecule has 2 aromatic carbocycles. The molecule has 0 spiro atoms. The Morgan fingerprint density at radius 2 is 1.74 bits per heavy atom. The quantitative estimate of drug-likeness (QED) is 0.606. The lowest BCUT2D eigenvalue weighted by Crippen LogP contribution is -2.35. The van der Waals surface area contributed by atoms with Crippen LogP contribution in [0.2, 0.25) is 0 Å². The van der Waals surface area contributed by atoms with Gasteiger partial charge in [-0.15, -0.1) is 0 Å². The number of piperidine rings is 1. The van der Waals surface area contributed by atoms with Gasteiger partial charge in [0.25, 0.3) is 0 Å². The Labute approximate surface area is 181 Å². The molecule has 0 atom stereocenters. The number of hydrogen-bond acceptors (Lipinski definition) is 3. The second kappa shape index (κ2) is 9.20. The highest BCUT2D eigenvalue weighted by Gasteiger charge is 2.26. The second-order valence-electron chi connectivity index (χ2n) is 7.85. The van der Waals surface area contributed by atoms with Crippen LogP contribution in [0.15, 0.2) is 59.6 Å². The zero-order valence-corrected chi connectivity index (χ0v) is 18.1. The Hall–Kier alpha value is -2.71. The van der Waals surface area contributed by atoms with Crippen molar-refractivity contribution in [2.45, 2.75) is 43.7 Å². The van der Waals surface area contributed by atoms with Crippen molar-refractivity contribution in [1.29, 1.82) is 0 Å². The normalized spacial score (nSPS) is 15.3. The molecule has 8 heteroatoms. The lowest BCUT2D eigenvalue weighted by Gasteiger charge is -2.25. The van der Waals surface area contributed by atoms with Crippen LogP contribution in [0.3, 0.4) is 0 Å². The van der Waals surface area contributed by atoms with Gasteiger partial charge in [0.1, 0.15) is 5.82 Å². The van der Waals surface area contributed by atoms with E-state index in [1.54, 1.807) is 28.6 Å². The molecular formula is C23H26FN3O3S. The highest BCUT2D eigenvalue weighted by Crippen LogP contribution is 2.25. The number of aryl methyl sites for hydroxylation is 1. The van der Waals surface area contributed by atoms with Crippen LogP contribution in [0.5, 0.6) is 0 Å². The molecule has 6 nitrogen and oxygen atoms in total. The summed E-state index contributed by atoms with van der Waals surface area (Å²) in [7, 11) is -3.47. The van der Waals surface area contributed by atoms with Crippen molar-refractivity contribution in [2.75, 3.05) is 13.1 Å². The van der Waals surface area contributed by atoms with E-state index >= 15 is 0 Å². The molecule has 0 radical (unpaired) electrons. The van der Waals surface area contributed by atoms with Crippen molar-refractivity contribution in [3.63, 3.8) is 0 Å². The summed E-state index contributed by atoms with van der Waals surface area (Å²) >= 11 is 0. The fourth-order valence-electron chi connectivity index (χ4n) is 3.90. The van der Waals surface area contributed by atoms with Crippen LogP contribution in [0.25, 0.3) is 10.9 Å². The Morgan fingerprint density at radius 1 is 1.00 bits per heavy atom. The van der Waals surface area contributed by atoms with E-state index in [-0.39, 0.29) is 11.7 Å². The van der Waals surface area contributed by atoms with Crippen molar-refractivity contribution in [2.24, 2.45) is 0 Å². The van der Waals surface area contributed by atoms with Gasteiger partial charge >= 0.3 is 0 Å². The summed E-state index contributed by atoms with van der Waals surface area (Å²) in [5, 5.41) is 3.67. The summed E-state index contributed by atoms with van der Waals surface area (Å²) in [4.78, 5) is 12.5. The first-order valence-corrected chi connectivity index (χ1v) is 12.0. The Balaban J connectivity index is 1.39. The number of aromatic nitrogens is 1. The third-order valence-corrected chi connectivity index (χ3v) is 7.57. The summed E-state index contributed by atoms with van der Waals surface area (Å²) in [5.74, 6) is -0.406. The Bertz CT molecular complexity index is 1170. The topological polar surface area (TPSA) is 71.4 Å². The molecule has 0 aliphatic carbocycles. The van der Waals surface area contributed by atoms with Crippen LogP contribution in [0.4, 0.5) is 4.39 Å². The molecular weight excluding hydrogens is 417 g/mol. The number of nitrogens with one attached hydrogen (secondary N) is 1.